The molecular formula is C17H29NO3. The molecule has 0 aliphatic carbocycles. The first-order chi connectivity index (χ1) is 9.83. The molecule has 0 aromatic heterocycles. The summed E-state index contributed by atoms with van der Waals surface area (Å²) in [4.78, 5) is 0. The summed E-state index contributed by atoms with van der Waals surface area (Å²) in [6.07, 6.45) is 0. The van der Waals surface area contributed by atoms with Crippen molar-refractivity contribution in [3.63, 3.8) is 0 Å². The molecule has 4 heteroatoms. The van der Waals surface area contributed by atoms with Gasteiger partial charge in [0.15, 0.2) is 11.5 Å². The maximum absolute atomic E-state index is 9.86. The van der Waals surface area contributed by atoms with E-state index >= 15 is 0 Å². The van der Waals surface area contributed by atoms with E-state index in [1.807, 2.05) is 25.1 Å². The molecule has 1 aromatic rings. The molecule has 0 saturated carbocycles. The van der Waals surface area contributed by atoms with Crippen LogP contribution < -0.4 is 14.8 Å². The van der Waals surface area contributed by atoms with E-state index in [9.17, 15) is 5.11 Å². The summed E-state index contributed by atoms with van der Waals surface area (Å²) >= 11 is 0. The van der Waals surface area contributed by atoms with Crippen molar-refractivity contribution in [3.8, 4) is 11.5 Å². The fourth-order valence-corrected chi connectivity index (χ4v) is 1.88. The summed E-state index contributed by atoms with van der Waals surface area (Å²) in [5.74, 6) is 2.05. The van der Waals surface area contributed by atoms with E-state index in [0.29, 0.717) is 12.5 Å². The third-order valence-corrected chi connectivity index (χ3v) is 2.80. The van der Waals surface area contributed by atoms with Crippen LogP contribution in [0.3, 0.4) is 0 Å². The van der Waals surface area contributed by atoms with Crippen molar-refractivity contribution in [2.24, 2.45) is 5.92 Å². The van der Waals surface area contributed by atoms with E-state index in [-0.39, 0.29) is 6.61 Å². The Morgan fingerprint density at radius 2 is 1.95 bits per heavy atom. The zero-order chi connectivity index (χ0) is 15.9. The SMILES string of the molecule is CCOc1cccc(CNCC(C)C)c1OCC(C)(C)O. The summed E-state index contributed by atoms with van der Waals surface area (Å²) in [6, 6.07) is 5.89. The quantitative estimate of drug-likeness (QED) is 0.735. The fourth-order valence-electron chi connectivity index (χ4n) is 1.88. The van der Waals surface area contributed by atoms with Gasteiger partial charge in [0.2, 0.25) is 0 Å². The third kappa shape index (κ3) is 6.82. The monoisotopic (exact) mass is 295 g/mol. The van der Waals surface area contributed by atoms with E-state index in [1.54, 1.807) is 13.8 Å². The first kappa shape index (κ1) is 17.8. The predicted molar refractivity (Wildman–Crippen MR) is 85.9 cm³/mol. The van der Waals surface area contributed by atoms with Gasteiger partial charge in [-0.25, -0.2) is 0 Å². The predicted octanol–water partition coefficient (Wildman–Crippen LogP) is 2.98. The summed E-state index contributed by atoms with van der Waals surface area (Å²) < 4.78 is 11.5. The Morgan fingerprint density at radius 3 is 2.52 bits per heavy atom. The van der Waals surface area contributed by atoms with Gasteiger partial charge < -0.3 is 19.9 Å². The number of aliphatic hydroxyl groups is 1. The van der Waals surface area contributed by atoms with Crippen LogP contribution in [0.1, 0.15) is 40.2 Å². The molecule has 0 aliphatic heterocycles. The minimum absolute atomic E-state index is 0.230. The van der Waals surface area contributed by atoms with Gasteiger partial charge in [0.25, 0.3) is 0 Å². The highest BCUT2D eigenvalue weighted by molar-refractivity contribution is 5.46. The Kier molecular flexibility index (Phi) is 6.99. The van der Waals surface area contributed by atoms with E-state index in [0.717, 1.165) is 30.2 Å². The van der Waals surface area contributed by atoms with Gasteiger partial charge in [0, 0.05) is 12.1 Å². The number of benzene rings is 1. The van der Waals surface area contributed by atoms with Gasteiger partial charge in [-0.05, 0) is 39.3 Å². The molecule has 0 amide bonds. The van der Waals surface area contributed by atoms with Crippen molar-refractivity contribution in [1.29, 1.82) is 0 Å². The second-order valence-electron chi connectivity index (χ2n) is 6.30. The van der Waals surface area contributed by atoms with E-state index in [1.165, 1.54) is 0 Å². The number of ether oxygens (including phenoxy) is 2. The first-order valence-electron chi connectivity index (χ1n) is 7.64. The lowest BCUT2D eigenvalue weighted by atomic mass is 10.1. The molecule has 0 bridgehead atoms. The summed E-state index contributed by atoms with van der Waals surface area (Å²) in [7, 11) is 0. The lowest BCUT2D eigenvalue weighted by molar-refractivity contribution is 0.0270. The largest absolute Gasteiger partial charge is 0.490 e. The molecule has 0 aliphatic rings. The molecule has 2 N–H and O–H groups in total. The molecule has 120 valence electrons. The number of hydrogen-bond donors (Lipinski definition) is 2. The van der Waals surface area contributed by atoms with E-state index in [2.05, 4.69) is 19.2 Å². The van der Waals surface area contributed by atoms with Crippen molar-refractivity contribution in [3.05, 3.63) is 23.8 Å². The summed E-state index contributed by atoms with van der Waals surface area (Å²) in [6.45, 7) is 12.2. The van der Waals surface area contributed by atoms with Gasteiger partial charge in [0.05, 0.1) is 12.2 Å². The number of hydrogen-bond acceptors (Lipinski definition) is 4. The molecule has 0 heterocycles. The average Bonchev–Trinajstić information content (AvgIpc) is 2.36. The molecule has 0 unspecified atom stereocenters. The van der Waals surface area contributed by atoms with Gasteiger partial charge in [-0.15, -0.1) is 0 Å². The van der Waals surface area contributed by atoms with Gasteiger partial charge in [-0.3, -0.25) is 0 Å². The van der Waals surface area contributed by atoms with Crippen molar-refractivity contribution in [1.82, 2.24) is 5.32 Å². The molecule has 0 atom stereocenters. The Morgan fingerprint density at radius 1 is 1.24 bits per heavy atom. The molecular weight excluding hydrogens is 266 g/mol. The number of para-hydroxylation sites is 1. The van der Waals surface area contributed by atoms with Crippen molar-refractivity contribution < 1.29 is 14.6 Å². The Balaban J connectivity index is 2.86. The third-order valence-electron chi connectivity index (χ3n) is 2.80. The maximum Gasteiger partial charge on any atom is 0.165 e. The van der Waals surface area contributed by atoms with Gasteiger partial charge >= 0.3 is 0 Å². The minimum Gasteiger partial charge on any atom is -0.490 e. The minimum atomic E-state index is -0.873. The molecule has 21 heavy (non-hydrogen) atoms. The molecule has 0 spiro atoms. The van der Waals surface area contributed by atoms with Crippen LogP contribution >= 0.6 is 0 Å². The van der Waals surface area contributed by atoms with Gasteiger partial charge in [-0.2, -0.15) is 0 Å². The summed E-state index contributed by atoms with van der Waals surface area (Å²) in [5.41, 5.74) is 0.174. The first-order valence-corrected chi connectivity index (χ1v) is 7.64. The van der Waals surface area contributed by atoms with Crippen LogP contribution in [0.4, 0.5) is 0 Å². The normalized spacial score (nSPS) is 11.8. The topological polar surface area (TPSA) is 50.7 Å². The molecule has 4 nitrogen and oxygen atoms in total. The van der Waals surface area contributed by atoms with Crippen LogP contribution in [0.5, 0.6) is 11.5 Å². The number of nitrogens with one attached hydrogen (secondary N) is 1. The van der Waals surface area contributed by atoms with Crippen LogP contribution in [0, 0.1) is 5.92 Å². The zero-order valence-electron chi connectivity index (χ0n) is 13.9. The molecule has 0 saturated heterocycles. The van der Waals surface area contributed by atoms with Gasteiger partial charge in [-0.1, -0.05) is 26.0 Å². The van der Waals surface area contributed by atoms with Crippen molar-refractivity contribution in [2.45, 2.75) is 46.8 Å². The number of rotatable bonds is 9. The second kappa shape index (κ2) is 8.25. The zero-order valence-corrected chi connectivity index (χ0v) is 13.9. The van der Waals surface area contributed by atoms with E-state index in [4.69, 9.17) is 9.47 Å². The molecule has 1 aromatic carbocycles. The lowest BCUT2D eigenvalue weighted by Crippen LogP contribution is -2.28. The summed E-state index contributed by atoms with van der Waals surface area (Å²) in [5, 5.41) is 13.3. The van der Waals surface area contributed by atoms with E-state index < -0.39 is 5.60 Å². The Hall–Kier alpha value is -1.26. The van der Waals surface area contributed by atoms with Crippen molar-refractivity contribution in [2.75, 3.05) is 19.8 Å². The van der Waals surface area contributed by atoms with Gasteiger partial charge in [0.1, 0.15) is 6.61 Å². The van der Waals surface area contributed by atoms with Crippen LogP contribution in [-0.2, 0) is 6.54 Å². The highest BCUT2D eigenvalue weighted by atomic mass is 16.5. The fraction of sp³-hybridized carbons (Fsp3) is 0.647. The highest BCUT2D eigenvalue weighted by Crippen LogP contribution is 2.32. The maximum atomic E-state index is 9.86. The van der Waals surface area contributed by atoms with Crippen molar-refractivity contribution >= 4 is 0 Å². The molecule has 0 fully saturated rings. The smallest absolute Gasteiger partial charge is 0.165 e. The van der Waals surface area contributed by atoms with Crippen LogP contribution in [0.2, 0.25) is 0 Å². The highest BCUT2D eigenvalue weighted by Gasteiger charge is 2.17. The molecule has 1 rings (SSSR count). The van der Waals surface area contributed by atoms with Crippen LogP contribution in [0.15, 0.2) is 18.2 Å². The molecule has 0 radical (unpaired) electrons. The lowest BCUT2D eigenvalue weighted by Gasteiger charge is -2.21. The standard InChI is InChI=1S/C17H29NO3/c1-6-20-15-9-7-8-14(11-18-10-13(2)3)16(15)21-12-17(4,5)19/h7-9,13,18-19H,6,10-12H2,1-5H3. The Bertz CT molecular complexity index is 425. The second-order valence-corrected chi connectivity index (χ2v) is 6.30. The van der Waals surface area contributed by atoms with Crippen LogP contribution in [0.25, 0.3) is 0 Å². The van der Waals surface area contributed by atoms with Crippen LogP contribution in [-0.4, -0.2) is 30.5 Å². The Labute approximate surface area is 128 Å². The average molecular weight is 295 g/mol.